The SMILES string of the molecule is C=C/C(=C\c1c(-c2cn[nH]c2)c[nH]c1N)C(=O)NCC1CC1. The number of aromatic nitrogens is 3. The van der Waals surface area contributed by atoms with Crippen LogP contribution >= 0.6 is 0 Å². The maximum atomic E-state index is 12.2. The number of nitrogens with one attached hydrogen (secondary N) is 3. The van der Waals surface area contributed by atoms with Crippen LogP contribution in [0.3, 0.4) is 0 Å². The molecule has 6 nitrogen and oxygen atoms in total. The van der Waals surface area contributed by atoms with Gasteiger partial charge in [-0.2, -0.15) is 5.10 Å². The van der Waals surface area contributed by atoms with E-state index in [1.54, 1.807) is 30.7 Å². The first-order chi connectivity index (χ1) is 10.7. The molecule has 2 heterocycles. The third kappa shape index (κ3) is 2.95. The minimum atomic E-state index is -0.124. The fourth-order valence-electron chi connectivity index (χ4n) is 2.28. The fourth-order valence-corrected chi connectivity index (χ4v) is 2.28. The number of hydrogen-bond donors (Lipinski definition) is 4. The fraction of sp³-hybridized carbons (Fsp3) is 0.250. The van der Waals surface area contributed by atoms with Gasteiger partial charge in [0.05, 0.1) is 6.20 Å². The Labute approximate surface area is 128 Å². The Kier molecular flexibility index (Phi) is 3.82. The predicted molar refractivity (Wildman–Crippen MR) is 86.7 cm³/mol. The molecule has 114 valence electrons. The van der Waals surface area contributed by atoms with Gasteiger partial charge in [-0.15, -0.1) is 0 Å². The van der Waals surface area contributed by atoms with E-state index < -0.39 is 0 Å². The summed E-state index contributed by atoms with van der Waals surface area (Å²) in [6.07, 6.45) is 11.0. The molecule has 5 N–H and O–H groups in total. The molecule has 0 atom stereocenters. The number of H-pyrrole nitrogens is 2. The lowest BCUT2D eigenvalue weighted by atomic mass is 10.0. The van der Waals surface area contributed by atoms with Crippen LogP contribution in [0.4, 0.5) is 5.82 Å². The summed E-state index contributed by atoms with van der Waals surface area (Å²) >= 11 is 0. The summed E-state index contributed by atoms with van der Waals surface area (Å²) in [5, 5.41) is 9.64. The van der Waals surface area contributed by atoms with Crippen LogP contribution < -0.4 is 11.1 Å². The van der Waals surface area contributed by atoms with Gasteiger partial charge in [0.15, 0.2) is 0 Å². The summed E-state index contributed by atoms with van der Waals surface area (Å²) in [5.74, 6) is 1.01. The van der Waals surface area contributed by atoms with Crippen molar-refractivity contribution in [1.29, 1.82) is 0 Å². The number of hydrogen-bond acceptors (Lipinski definition) is 3. The van der Waals surface area contributed by atoms with Gasteiger partial charge in [-0.3, -0.25) is 9.89 Å². The van der Waals surface area contributed by atoms with Gasteiger partial charge in [0, 0.05) is 41.2 Å². The molecule has 0 spiro atoms. The first-order valence-corrected chi connectivity index (χ1v) is 7.27. The van der Waals surface area contributed by atoms with Crippen molar-refractivity contribution in [1.82, 2.24) is 20.5 Å². The molecule has 0 bridgehead atoms. The number of nitrogens with zero attached hydrogens (tertiary/aromatic N) is 1. The minimum Gasteiger partial charge on any atom is -0.385 e. The number of aromatic amines is 2. The van der Waals surface area contributed by atoms with Gasteiger partial charge >= 0.3 is 0 Å². The van der Waals surface area contributed by atoms with E-state index in [-0.39, 0.29) is 5.91 Å². The van der Waals surface area contributed by atoms with Crippen molar-refractivity contribution < 1.29 is 4.79 Å². The van der Waals surface area contributed by atoms with Crippen LogP contribution in [0, 0.1) is 5.92 Å². The van der Waals surface area contributed by atoms with Crippen LogP contribution in [0.1, 0.15) is 18.4 Å². The molecule has 0 saturated heterocycles. The Morgan fingerprint density at radius 3 is 2.95 bits per heavy atom. The minimum absolute atomic E-state index is 0.124. The summed E-state index contributed by atoms with van der Waals surface area (Å²) in [5.41, 5.74) is 9.04. The van der Waals surface area contributed by atoms with Crippen molar-refractivity contribution in [3.8, 4) is 11.1 Å². The van der Waals surface area contributed by atoms with E-state index in [2.05, 4.69) is 27.1 Å². The van der Waals surface area contributed by atoms with Crippen LogP contribution in [0.25, 0.3) is 17.2 Å². The summed E-state index contributed by atoms with van der Waals surface area (Å²) < 4.78 is 0. The summed E-state index contributed by atoms with van der Waals surface area (Å²) in [4.78, 5) is 15.2. The van der Waals surface area contributed by atoms with Crippen molar-refractivity contribution in [2.45, 2.75) is 12.8 Å². The van der Waals surface area contributed by atoms with Crippen molar-refractivity contribution in [2.24, 2.45) is 5.92 Å². The van der Waals surface area contributed by atoms with Crippen LogP contribution in [0.15, 0.2) is 36.8 Å². The number of anilines is 1. The van der Waals surface area contributed by atoms with E-state index in [4.69, 9.17) is 5.73 Å². The molecule has 0 unspecified atom stereocenters. The van der Waals surface area contributed by atoms with Gasteiger partial charge in [-0.25, -0.2) is 0 Å². The Bertz CT molecular complexity index is 707. The predicted octanol–water partition coefficient (Wildman–Crippen LogP) is 2.08. The van der Waals surface area contributed by atoms with E-state index in [0.29, 0.717) is 17.3 Å². The average Bonchev–Trinajstić information content (AvgIpc) is 3.05. The van der Waals surface area contributed by atoms with E-state index in [1.807, 2.05) is 0 Å². The van der Waals surface area contributed by atoms with E-state index in [9.17, 15) is 4.79 Å². The second-order valence-corrected chi connectivity index (χ2v) is 5.47. The van der Waals surface area contributed by atoms with Crippen molar-refractivity contribution in [3.63, 3.8) is 0 Å². The van der Waals surface area contributed by atoms with Gasteiger partial charge in [0.1, 0.15) is 5.82 Å². The second kappa shape index (κ2) is 5.93. The molecule has 2 aromatic heterocycles. The standard InChI is InChI=1S/C16H19N5O/c1-2-11(16(22)19-6-10-3-4-10)5-13-14(9-18-15(13)17)12-7-20-21-8-12/h2,5,7-10,18H,1,3-4,6,17H2,(H,19,22)(H,20,21)/b11-5+. The molecule has 6 heteroatoms. The van der Waals surface area contributed by atoms with Crippen LogP contribution in [-0.2, 0) is 4.79 Å². The zero-order valence-corrected chi connectivity index (χ0v) is 12.2. The van der Waals surface area contributed by atoms with Gasteiger partial charge in [0.2, 0.25) is 0 Å². The monoisotopic (exact) mass is 297 g/mol. The normalized spacial score (nSPS) is 14.8. The molecule has 1 fully saturated rings. The largest absolute Gasteiger partial charge is 0.385 e. The Hall–Kier alpha value is -2.76. The first-order valence-electron chi connectivity index (χ1n) is 7.27. The lowest BCUT2D eigenvalue weighted by Gasteiger charge is -2.06. The molecule has 22 heavy (non-hydrogen) atoms. The summed E-state index contributed by atoms with van der Waals surface area (Å²) in [6, 6.07) is 0. The van der Waals surface area contributed by atoms with Crippen molar-refractivity contribution in [3.05, 3.63) is 42.4 Å². The van der Waals surface area contributed by atoms with Crippen LogP contribution in [0.5, 0.6) is 0 Å². The number of carbonyl (C=O) groups excluding carboxylic acids is 1. The molecule has 1 aliphatic carbocycles. The van der Waals surface area contributed by atoms with Crippen LogP contribution in [-0.4, -0.2) is 27.6 Å². The molecule has 0 radical (unpaired) electrons. The highest BCUT2D eigenvalue weighted by Gasteiger charge is 2.22. The molecule has 3 rings (SSSR count). The summed E-state index contributed by atoms with van der Waals surface area (Å²) in [7, 11) is 0. The zero-order valence-electron chi connectivity index (χ0n) is 12.2. The number of carbonyl (C=O) groups is 1. The number of rotatable bonds is 6. The van der Waals surface area contributed by atoms with E-state index in [1.165, 1.54) is 12.8 Å². The zero-order chi connectivity index (χ0) is 15.5. The highest BCUT2D eigenvalue weighted by atomic mass is 16.1. The quantitative estimate of drug-likeness (QED) is 0.485. The highest BCUT2D eigenvalue weighted by Crippen LogP contribution is 2.30. The lowest BCUT2D eigenvalue weighted by Crippen LogP contribution is -2.26. The highest BCUT2D eigenvalue weighted by molar-refractivity contribution is 6.02. The van der Waals surface area contributed by atoms with Gasteiger partial charge in [-0.05, 0) is 24.8 Å². The molecular weight excluding hydrogens is 278 g/mol. The number of nitrogen functional groups attached to an aromatic ring is 1. The Balaban J connectivity index is 1.86. The molecule has 0 aromatic carbocycles. The van der Waals surface area contributed by atoms with Crippen molar-refractivity contribution >= 4 is 17.8 Å². The lowest BCUT2D eigenvalue weighted by molar-refractivity contribution is -0.117. The van der Waals surface area contributed by atoms with Gasteiger partial charge in [-0.1, -0.05) is 12.7 Å². The third-order valence-corrected chi connectivity index (χ3v) is 3.79. The summed E-state index contributed by atoms with van der Waals surface area (Å²) in [6.45, 7) is 4.45. The Morgan fingerprint density at radius 1 is 1.50 bits per heavy atom. The van der Waals surface area contributed by atoms with E-state index >= 15 is 0 Å². The second-order valence-electron chi connectivity index (χ2n) is 5.47. The maximum absolute atomic E-state index is 12.2. The Morgan fingerprint density at radius 2 is 2.32 bits per heavy atom. The third-order valence-electron chi connectivity index (χ3n) is 3.79. The maximum Gasteiger partial charge on any atom is 0.251 e. The topological polar surface area (TPSA) is 99.6 Å². The van der Waals surface area contributed by atoms with Gasteiger partial charge < -0.3 is 16.0 Å². The smallest absolute Gasteiger partial charge is 0.251 e. The molecule has 2 aromatic rings. The van der Waals surface area contributed by atoms with E-state index in [0.717, 1.165) is 23.2 Å². The number of amides is 1. The molecule has 0 aliphatic heterocycles. The van der Waals surface area contributed by atoms with Crippen LogP contribution in [0.2, 0.25) is 0 Å². The molecule has 1 aliphatic rings. The first kappa shape index (κ1) is 14.2. The van der Waals surface area contributed by atoms with Gasteiger partial charge in [0.25, 0.3) is 5.91 Å². The number of nitrogens with two attached hydrogens (primary N) is 1. The molecular formula is C16H19N5O. The average molecular weight is 297 g/mol. The molecule has 1 amide bonds. The van der Waals surface area contributed by atoms with Crippen molar-refractivity contribution in [2.75, 3.05) is 12.3 Å². The molecule has 1 saturated carbocycles.